The van der Waals surface area contributed by atoms with E-state index in [1.807, 2.05) is 43.3 Å². The van der Waals surface area contributed by atoms with Crippen molar-refractivity contribution in [1.82, 2.24) is 9.97 Å². The van der Waals surface area contributed by atoms with Crippen LogP contribution in [0.3, 0.4) is 0 Å². The monoisotopic (exact) mass is 242 g/mol. The van der Waals surface area contributed by atoms with Crippen LogP contribution in [0.4, 0.5) is 5.95 Å². The van der Waals surface area contributed by atoms with Crippen LogP contribution in [-0.4, -0.2) is 23.1 Å². The largest absolute Gasteiger partial charge is 0.354 e. The quantitative estimate of drug-likeness (QED) is 0.789. The molecule has 0 fully saturated rings. The molecule has 4 nitrogen and oxygen atoms in total. The Kier molecular flexibility index (Phi) is 4.25. The third-order valence-corrected chi connectivity index (χ3v) is 2.59. The van der Waals surface area contributed by atoms with E-state index in [1.54, 1.807) is 0 Å². The Balaban J connectivity index is 2.21. The molecule has 0 radical (unpaired) electrons. The van der Waals surface area contributed by atoms with Gasteiger partial charge in [-0.3, -0.25) is 0 Å². The van der Waals surface area contributed by atoms with Crippen molar-refractivity contribution in [2.45, 2.75) is 13.3 Å². The van der Waals surface area contributed by atoms with Crippen molar-refractivity contribution in [1.29, 1.82) is 0 Å². The van der Waals surface area contributed by atoms with Gasteiger partial charge in [0, 0.05) is 17.8 Å². The molecule has 4 heteroatoms. The van der Waals surface area contributed by atoms with Gasteiger partial charge in [0.2, 0.25) is 5.95 Å². The maximum Gasteiger partial charge on any atom is 0.223 e. The smallest absolute Gasteiger partial charge is 0.223 e. The maximum absolute atomic E-state index is 5.46. The minimum Gasteiger partial charge on any atom is -0.354 e. The van der Waals surface area contributed by atoms with Crippen LogP contribution in [0.15, 0.2) is 36.4 Å². The lowest BCUT2D eigenvalue weighted by Gasteiger charge is -2.07. The fourth-order valence-electron chi connectivity index (χ4n) is 1.71. The number of hydrogen-bond donors (Lipinski definition) is 2. The Hall–Kier alpha value is -1.94. The average Bonchev–Trinajstić information content (AvgIpc) is 2.39. The molecule has 0 saturated heterocycles. The van der Waals surface area contributed by atoms with Gasteiger partial charge in [-0.05, 0) is 26.0 Å². The van der Waals surface area contributed by atoms with Gasteiger partial charge in [0.1, 0.15) is 0 Å². The highest BCUT2D eigenvalue weighted by Crippen LogP contribution is 2.18. The Labute approximate surface area is 107 Å². The number of rotatable bonds is 5. The Bertz CT molecular complexity index is 496. The van der Waals surface area contributed by atoms with E-state index in [4.69, 9.17) is 5.73 Å². The summed E-state index contributed by atoms with van der Waals surface area (Å²) in [6, 6.07) is 12.1. The Morgan fingerprint density at radius 3 is 2.67 bits per heavy atom. The minimum atomic E-state index is 0.669. The molecule has 0 atom stereocenters. The van der Waals surface area contributed by atoms with Crippen molar-refractivity contribution >= 4 is 5.95 Å². The third-order valence-electron chi connectivity index (χ3n) is 2.59. The van der Waals surface area contributed by atoms with Gasteiger partial charge in [0.05, 0.1) is 5.69 Å². The molecule has 2 aromatic rings. The zero-order chi connectivity index (χ0) is 12.8. The minimum absolute atomic E-state index is 0.669. The van der Waals surface area contributed by atoms with E-state index in [0.29, 0.717) is 12.5 Å². The number of hydrogen-bond acceptors (Lipinski definition) is 4. The van der Waals surface area contributed by atoms with Crippen molar-refractivity contribution in [2.24, 2.45) is 5.73 Å². The van der Waals surface area contributed by atoms with Crippen LogP contribution >= 0.6 is 0 Å². The summed E-state index contributed by atoms with van der Waals surface area (Å²) in [6.07, 6.45) is 0.915. The summed E-state index contributed by atoms with van der Waals surface area (Å²) in [6.45, 7) is 3.45. The van der Waals surface area contributed by atoms with Gasteiger partial charge in [0.15, 0.2) is 0 Å². The summed E-state index contributed by atoms with van der Waals surface area (Å²) in [5, 5.41) is 3.19. The average molecular weight is 242 g/mol. The van der Waals surface area contributed by atoms with Crippen LogP contribution in [0.25, 0.3) is 11.3 Å². The SMILES string of the molecule is Cc1cc(-c2ccccc2)nc(NCCCN)n1. The molecule has 3 N–H and O–H groups in total. The normalized spacial score (nSPS) is 10.3. The predicted molar refractivity (Wildman–Crippen MR) is 74.4 cm³/mol. The van der Waals surface area contributed by atoms with Crippen molar-refractivity contribution < 1.29 is 0 Å². The van der Waals surface area contributed by atoms with Crippen molar-refractivity contribution in [2.75, 3.05) is 18.4 Å². The molecule has 0 bridgehead atoms. The molecule has 0 saturated carbocycles. The van der Waals surface area contributed by atoms with Crippen LogP contribution in [0.1, 0.15) is 12.1 Å². The van der Waals surface area contributed by atoms with E-state index in [1.165, 1.54) is 0 Å². The predicted octanol–water partition coefficient (Wildman–Crippen LogP) is 2.21. The second-order valence-electron chi connectivity index (χ2n) is 4.15. The molecule has 0 amide bonds. The number of nitrogens with two attached hydrogens (primary N) is 1. The van der Waals surface area contributed by atoms with E-state index < -0.39 is 0 Å². The lowest BCUT2D eigenvalue weighted by atomic mass is 10.1. The fraction of sp³-hybridized carbons (Fsp3) is 0.286. The zero-order valence-corrected chi connectivity index (χ0v) is 10.6. The molecule has 0 aliphatic rings. The molecule has 2 rings (SSSR count). The molecular weight excluding hydrogens is 224 g/mol. The molecular formula is C14H18N4. The van der Waals surface area contributed by atoms with Gasteiger partial charge < -0.3 is 11.1 Å². The van der Waals surface area contributed by atoms with Crippen LogP contribution in [0.2, 0.25) is 0 Å². The van der Waals surface area contributed by atoms with Crippen LogP contribution < -0.4 is 11.1 Å². The van der Waals surface area contributed by atoms with Crippen LogP contribution in [-0.2, 0) is 0 Å². The summed E-state index contributed by atoms with van der Waals surface area (Å²) >= 11 is 0. The number of nitrogens with one attached hydrogen (secondary N) is 1. The Morgan fingerprint density at radius 1 is 1.17 bits per heavy atom. The third kappa shape index (κ3) is 3.28. The van der Waals surface area contributed by atoms with Gasteiger partial charge in [-0.25, -0.2) is 9.97 Å². The maximum atomic E-state index is 5.46. The molecule has 94 valence electrons. The molecule has 1 heterocycles. The van der Waals surface area contributed by atoms with Crippen molar-refractivity contribution in [3.8, 4) is 11.3 Å². The topological polar surface area (TPSA) is 63.8 Å². The number of nitrogens with zero attached hydrogens (tertiary/aromatic N) is 2. The summed E-state index contributed by atoms with van der Waals surface area (Å²) in [4.78, 5) is 8.88. The van der Waals surface area contributed by atoms with E-state index >= 15 is 0 Å². The van der Waals surface area contributed by atoms with Gasteiger partial charge >= 0.3 is 0 Å². The molecule has 0 aliphatic heterocycles. The molecule has 18 heavy (non-hydrogen) atoms. The van der Waals surface area contributed by atoms with Crippen molar-refractivity contribution in [3.63, 3.8) is 0 Å². The van der Waals surface area contributed by atoms with Crippen molar-refractivity contribution in [3.05, 3.63) is 42.1 Å². The fourth-order valence-corrected chi connectivity index (χ4v) is 1.71. The first-order chi connectivity index (χ1) is 8.79. The van der Waals surface area contributed by atoms with E-state index in [-0.39, 0.29) is 0 Å². The summed E-state index contributed by atoms with van der Waals surface area (Å²) in [7, 11) is 0. The van der Waals surface area contributed by atoms with E-state index in [9.17, 15) is 0 Å². The second-order valence-corrected chi connectivity index (χ2v) is 4.15. The standard InChI is InChI=1S/C14H18N4/c1-11-10-13(12-6-3-2-4-7-12)18-14(17-11)16-9-5-8-15/h2-4,6-7,10H,5,8-9,15H2,1H3,(H,16,17,18). The first-order valence-corrected chi connectivity index (χ1v) is 6.14. The number of aromatic nitrogens is 2. The number of anilines is 1. The lowest BCUT2D eigenvalue weighted by Crippen LogP contribution is -2.11. The molecule has 0 spiro atoms. The molecule has 1 aromatic heterocycles. The van der Waals surface area contributed by atoms with E-state index in [2.05, 4.69) is 15.3 Å². The summed E-state index contributed by atoms with van der Waals surface area (Å²) in [5.74, 6) is 0.669. The van der Waals surface area contributed by atoms with Gasteiger partial charge in [-0.1, -0.05) is 30.3 Å². The zero-order valence-electron chi connectivity index (χ0n) is 10.6. The second kappa shape index (κ2) is 6.12. The summed E-state index contributed by atoms with van der Waals surface area (Å²) < 4.78 is 0. The van der Waals surface area contributed by atoms with Crippen LogP contribution in [0.5, 0.6) is 0 Å². The first kappa shape index (κ1) is 12.5. The van der Waals surface area contributed by atoms with Crippen LogP contribution in [0, 0.1) is 6.92 Å². The van der Waals surface area contributed by atoms with E-state index in [0.717, 1.165) is 29.9 Å². The summed E-state index contributed by atoms with van der Waals surface area (Å²) in [5.41, 5.74) is 8.46. The first-order valence-electron chi connectivity index (χ1n) is 6.14. The number of benzene rings is 1. The highest BCUT2D eigenvalue weighted by Gasteiger charge is 2.03. The highest BCUT2D eigenvalue weighted by atomic mass is 15.1. The van der Waals surface area contributed by atoms with Gasteiger partial charge in [-0.15, -0.1) is 0 Å². The molecule has 0 aliphatic carbocycles. The lowest BCUT2D eigenvalue weighted by molar-refractivity contribution is 0.862. The van der Waals surface area contributed by atoms with Gasteiger partial charge in [-0.2, -0.15) is 0 Å². The Morgan fingerprint density at radius 2 is 1.94 bits per heavy atom. The molecule has 0 unspecified atom stereocenters. The number of aryl methyl sites for hydroxylation is 1. The highest BCUT2D eigenvalue weighted by molar-refractivity contribution is 5.60. The molecule has 1 aromatic carbocycles. The van der Waals surface area contributed by atoms with Gasteiger partial charge in [0.25, 0.3) is 0 Å².